The van der Waals surface area contributed by atoms with Gasteiger partial charge in [-0.1, -0.05) is 13.3 Å². The van der Waals surface area contributed by atoms with Crippen molar-refractivity contribution in [1.82, 2.24) is 15.1 Å². The van der Waals surface area contributed by atoms with Crippen LogP contribution in [0.5, 0.6) is 0 Å². The molecule has 0 atom stereocenters. The fourth-order valence-electron chi connectivity index (χ4n) is 3.85. The molecule has 1 aromatic heterocycles. The highest BCUT2D eigenvalue weighted by molar-refractivity contribution is 5.21. The fourth-order valence-corrected chi connectivity index (χ4v) is 3.85. The Kier molecular flexibility index (Phi) is 5.72. The van der Waals surface area contributed by atoms with Crippen LogP contribution in [0.1, 0.15) is 69.0 Å². The molecule has 2 heterocycles. The first-order chi connectivity index (χ1) is 11.2. The van der Waals surface area contributed by atoms with Crippen LogP contribution in [-0.2, 0) is 16.0 Å². The van der Waals surface area contributed by atoms with Crippen LogP contribution in [0, 0.1) is 0 Å². The number of rotatable bonds is 6. The Bertz CT molecular complexity index is 472. The first-order valence-electron chi connectivity index (χ1n) is 9.21. The molecule has 1 aromatic rings. The Morgan fingerprint density at radius 1 is 1.30 bits per heavy atom. The van der Waals surface area contributed by atoms with Gasteiger partial charge in [-0.25, -0.2) is 0 Å². The van der Waals surface area contributed by atoms with Crippen LogP contribution in [0.25, 0.3) is 0 Å². The van der Waals surface area contributed by atoms with Gasteiger partial charge >= 0.3 is 0 Å². The van der Waals surface area contributed by atoms with Crippen molar-refractivity contribution in [3.8, 4) is 0 Å². The molecule has 1 N–H and O–H groups in total. The lowest BCUT2D eigenvalue weighted by Crippen LogP contribution is -2.43. The summed E-state index contributed by atoms with van der Waals surface area (Å²) in [5, 5.41) is 7.59. The summed E-state index contributed by atoms with van der Waals surface area (Å²) in [6, 6.07) is 0. The van der Waals surface area contributed by atoms with Crippen molar-refractivity contribution in [3.63, 3.8) is 0 Å². The van der Waals surface area contributed by atoms with Crippen LogP contribution in [0.3, 0.4) is 0 Å². The van der Waals surface area contributed by atoms with Crippen molar-refractivity contribution >= 4 is 0 Å². The van der Waals surface area contributed by atoms with E-state index in [9.17, 15) is 0 Å². The summed E-state index contributed by atoms with van der Waals surface area (Å²) in [6.45, 7) is 6.08. The van der Waals surface area contributed by atoms with Crippen LogP contribution in [0.4, 0.5) is 0 Å². The van der Waals surface area contributed by atoms with Crippen molar-refractivity contribution in [2.24, 2.45) is 0 Å². The average molecular weight is 321 g/mol. The first-order valence-corrected chi connectivity index (χ1v) is 9.21. The van der Waals surface area contributed by atoms with Gasteiger partial charge in [-0.3, -0.25) is 5.10 Å². The van der Waals surface area contributed by atoms with E-state index < -0.39 is 0 Å². The standard InChI is InChI=1S/C18H31N3O2/c1-3-4-10-21(2)14-16-13-19-20-17(16)15-6-8-18(9-7-15)22-11-5-12-23-18/h13,15H,3-12,14H2,1-2H3,(H,19,20). The molecule has 2 aliphatic rings. The predicted octanol–water partition coefficient (Wildman–Crippen LogP) is 3.43. The molecule has 1 aliphatic heterocycles. The summed E-state index contributed by atoms with van der Waals surface area (Å²) in [5.41, 5.74) is 2.69. The number of H-pyrrole nitrogens is 1. The SMILES string of the molecule is CCCCN(C)Cc1cn[nH]c1C1CCC2(CC1)OCCCO2. The third-order valence-electron chi connectivity index (χ3n) is 5.26. The third kappa shape index (κ3) is 4.14. The molecule has 0 aromatic carbocycles. The van der Waals surface area contributed by atoms with Gasteiger partial charge in [-0.05, 0) is 39.3 Å². The van der Waals surface area contributed by atoms with Gasteiger partial charge in [-0.2, -0.15) is 5.10 Å². The molecular weight excluding hydrogens is 290 g/mol. The molecular formula is C18H31N3O2. The number of unbranched alkanes of at least 4 members (excludes halogenated alkanes) is 1. The Morgan fingerprint density at radius 3 is 2.74 bits per heavy atom. The lowest BCUT2D eigenvalue weighted by atomic mass is 9.82. The molecule has 1 aliphatic carbocycles. The van der Waals surface area contributed by atoms with E-state index in [-0.39, 0.29) is 5.79 Å². The quantitative estimate of drug-likeness (QED) is 0.872. The summed E-state index contributed by atoms with van der Waals surface area (Å²) in [6.07, 6.45) is 9.78. The van der Waals surface area contributed by atoms with E-state index in [4.69, 9.17) is 9.47 Å². The Morgan fingerprint density at radius 2 is 2.04 bits per heavy atom. The molecule has 1 saturated heterocycles. The summed E-state index contributed by atoms with van der Waals surface area (Å²) in [7, 11) is 2.20. The summed E-state index contributed by atoms with van der Waals surface area (Å²) >= 11 is 0. The normalized spacial score (nSPS) is 22.0. The van der Waals surface area contributed by atoms with Crippen LogP contribution < -0.4 is 0 Å². The van der Waals surface area contributed by atoms with Gasteiger partial charge in [0, 0.05) is 36.6 Å². The maximum absolute atomic E-state index is 5.95. The second kappa shape index (κ2) is 7.77. The Balaban J connectivity index is 1.57. The monoisotopic (exact) mass is 321 g/mol. The minimum absolute atomic E-state index is 0.285. The van der Waals surface area contributed by atoms with Crippen molar-refractivity contribution in [3.05, 3.63) is 17.5 Å². The predicted molar refractivity (Wildman–Crippen MR) is 90.3 cm³/mol. The van der Waals surface area contributed by atoms with Crippen LogP contribution in [-0.4, -0.2) is 47.7 Å². The van der Waals surface area contributed by atoms with Gasteiger partial charge in [0.25, 0.3) is 0 Å². The van der Waals surface area contributed by atoms with E-state index in [0.717, 1.165) is 58.4 Å². The molecule has 130 valence electrons. The highest BCUT2D eigenvalue weighted by atomic mass is 16.7. The van der Waals surface area contributed by atoms with Gasteiger partial charge in [0.2, 0.25) is 0 Å². The van der Waals surface area contributed by atoms with Gasteiger partial charge in [0.1, 0.15) is 0 Å². The zero-order valence-corrected chi connectivity index (χ0v) is 14.6. The lowest BCUT2D eigenvalue weighted by Gasteiger charge is -2.42. The highest BCUT2D eigenvalue weighted by Crippen LogP contribution is 2.42. The maximum Gasteiger partial charge on any atom is 0.168 e. The first kappa shape index (κ1) is 16.9. The second-order valence-electron chi connectivity index (χ2n) is 7.14. The number of nitrogens with zero attached hydrogens (tertiary/aromatic N) is 2. The Hall–Kier alpha value is -0.910. The summed E-state index contributed by atoms with van der Waals surface area (Å²) in [4.78, 5) is 2.40. The molecule has 0 radical (unpaired) electrons. The number of hydrogen-bond acceptors (Lipinski definition) is 4. The number of hydrogen-bond donors (Lipinski definition) is 1. The molecule has 1 spiro atoms. The maximum atomic E-state index is 5.95. The van der Waals surface area contributed by atoms with Crippen molar-refractivity contribution in [2.75, 3.05) is 26.8 Å². The molecule has 1 saturated carbocycles. The molecule has 23 heavy (non-hydrogen) atoms. The number of aromatic amines is 1. The summed E-state index contributed by atoms with van der Waals surface area (Å²) in [5.74, 6) is 0.277. The summed E-state index contributed by atoms with van der Waals surface area (Å²) < 4.78 is 11.9. The van der Waals surface area contributed by atoms with Gasteiger partial charge in [0.05, 0.1) is 19.4 Å². The van der Waals surface area contributed by atoms with E-state index in [0.29, 0.717) is 5.92 Å². The van der Waals surface area contributed by atoms with Crippen molar-refractivity contribution < 1.29 is 9.47 Å². The molecule has 5 nitrogen and oxygen atoms in total. The lowest BCUT2D eigenvalue weighted by molar-refractivity contribution is -0.281. The average Bonchev–Trinajstić information content (AvgIpc) is 3.02. The zero-order chi connectivity index (χ0) is 16.1. The third-order valence-corrected chi connectivity index (χ3v) is 5.26. The minimum atomic E-state index is -0.285. The van der Waals surface area contributed by atoms with Crippen molar-refractivity contribution in [2.45, 2.75) is 70.1 Å². The van der Waals surface area contributed by atoms with Gasteiger partial charge in [0.15, 0.2) is 5.79 Å². The number of aromatic nitrogens is 2. The molecule has 0 amide bonds. The molecule has 5 heteroatoms. The largest absolute Gasteiger partial charge is 0.350 e. The molecule has 0 unspecified atom stereocenters. The van der Waals surface area contributed by atoms with Crippen LogP contribution >= 0.6 is 0 Å². The minimum Gasteiger partial charge on any atom is -0.350 e. The Labute approximate surface area is 139 Å². The van der Waals surface area contributed by atoms with E-state index >= 15 is 0 Å². The fraction of sp³-hybridized carbons (Fsp3) is 0.833. The van der Waals surface area contributed by atoms with Crippen molar-refractivity contribution in [1.29, 1.82) is 0 Å². The van der Waals surface area contributed by atoms with E-state index in [1.807, 2.05) is 6.20 Å². The highest BCUT2D eigenvalue weighted by Gasteiger charge is 2.39. The van der Waals surface area contributed by atoms with E-state index in [2.05, 4.69) is 29.1 Å². The molecule has 2 fully saturated rings. The number of ether oxygens (including phenoxy) is 2. The van der Waals surface area contributed by atoms with Gasteiger partial charge in [-0.15, -0.1) is 0 Å². The van der Waals surface area contributed by atoms with Crippen LogP contribution in [0.15, 0.2) is 6.20 Å². The molecule has 3 rings (SSSR count). The smallest absolute Gasteiger partial charge is 0.168 e. The topological polar surface area (TPSA) is 50.4 Å². The molecule has 0 bridgehead atoms. The van der Waals surface area contributed by atoms with E-state index in [1.165, 1.54) is 24.1 Å². The zero-order valence-electron chi connectivity index (χ0n) is 14.6. The van der Waals surface area contributed by atoms with E-state index in [1.54, 1.807) is 0 Å². The number of nitrogens with one attached hydrogen (secondary N) is 1. The van der Waals surface area contributed by atoms with Crippen LogP contribution in [0.2, 0.25) is 0 Å². The second-order valence-corrected chi connectivity index (χ2v) is 7.14. The van der Waals surface area contributed by atoms with Gasteiger partial charge < -0.3 is 14.4 Å².